The number of methoxy groups -OCH3 is 1. The van der Waals surface area contributed by atoms with Crippen LogP contribution in [0.3, 0.4) is 0 Å². The molecule has 6 nitrogen and oxygen atoms in total. The largest absolute Gasteiger partial charge is 0.497 e. The number of nitrogens with zero attached hydrogens (tertiary/aromatic N) is 1. The zero-order chi connectivity index (χ0) is 22.0. The third-order valence-corrected chi connectivity index (χ3v) is 5.17. The van der Waals surface area contributed by atoms with E-state index in [0.29, 0.717) is 22.5 Å². The fourth-order valence-electron chi connectivity index (χ4n) is 3.62. The lowest BCUT2D eigenvalue weighted by molar-refractivity contribution is 0.100. The normalized spacial score (nSPS) is 10.6. The van der Waals surface area contributed by atoms with Gasteiger partial charge in [0.05, 0.1) is 35.1 Å². The molecule has 3 N–H and O–H groups in total. The molecule has 31 heavy (non-hydrogen) atoms. The SMILES string of the molecule is COc1ccc(-c2nc3ccccc3c(C(=O)Nc3ccccc3C(N)=O)c2C)cc1. The van der Waals surface area contributed by atoms with Gasteiger partial charge < -0.3 is 15.8 Å². The summed E-state index contributed by atoms with van der Waals surface area (Å²) in [5.74, 6) is -0.200. The first-order valence-corrected chi connectivity index (χ1v) is 9.73. The van der Waals surface area contributed by atoms with Crippen LogP contribution in [0.2, 0.25) is 0 Å². The fourth-order valence-corrected chi connectivity index (χ4v) is 3.62. The summed E-state index contributed by atoms with van der Waals surface area (Å²) < 4.78 is 5.24. The molecule has 0 saturated heterocycles. The summed E-state index contributed by atoms with van der Waals surface area (Å²) in [6, 6.07) is 21.7. The predicted molar refractivity (Wildman–Crippen MR) is 121 cm³/mol. The topological polar surface area (TPSA) is 94.3 Å². The van der Waals surface area contributed by atoms with Gasteiger partial charge in [0.15, 0.2) is 0 Å². The van der Waals surface area contributed by atoms with E-state index in [9.17, 15) is 9.59 Å². The fraction of sp³-hybridized carbons (Fsp3) is 0.0800. The van der Waals surface area contributed by atoms with Crippen molar-refractivity contribution in [2.75, 3.05) is 12.4 Å². The molecule has 0 unspecified atom stereocenters. The van der Waals surface area contributed by atoms with Crippen molar-refractivity contribution in [2.45, 2.75) is 6.92 Å². The number of carbonyl (C=O) groups is 2. The Balaban J connectivity index is 1.86. The number of ether oxygens (including phenoxy) is 1. The van der Waals surface area contributed by atoms with E-state index in [-0.39, 0.29) is 11.5 Å². The zero-order valence-corrected chi connectivity index (χ0v) is 17.2. The highest BCUT2D eigenvalue weighted by molar-refractivity contribution is 6.16. The van der Waals surface area contributed by atoms with Crippen molar-refractivity contribution in [3.05, 3.63) is 89.5 Å². The molecule has 0 saturated carbocycles. The molecule has 0 fully saturated rings. The van der Waals surface area contributed by atoms with Crippen molar-refractivity contribution in [3.8, 4) is 17.0 Å². The predicted octanol–water partition coefficient (Wildman–Crippen LogP) is 4.57. The second-order valence-corrected chi connectivity index (χ2v) is 7.07. The van der Waals surface area contributed by atoms with Crippen LogP contribution in [0.1, 0.15) is 26.3 Å². The van der Waals surface area contributed by atoms with Crippen molar-refractivity contribution >= 4 is 28.4 Å². The molecular formula is C25H21N3O3. The Morgan fingerprint density at radius 2 is 1.61 bits per heavy atom. The second kappa shape index (κ2) is 8.28. The number of anilines is 1. The number of primary amides is 1. The molecule has 0 aliphatic carbocycles. The molecule has 0 bridgehead atoms. The number of para-hydroxylation sites is 2. The highest BCUT2D eigenvalue weighted by Gasteiger charge is 2.20. The van der Waals surface area contributed by atoms with Gasteiger partial charge in [-0.2, -0.15) is 0 Å². The van der Waals surface area contributed by atoms with E-state index >= 15 is 0 Å². The molecule has 154 valence electrons. The van der Waals surface area contributed by atoms with Crippen LogP contribution in [0, 0.1) is 6.92 Å². The van der Waals surface area contributed by atoms with Crippen LogP contribution in [0.4, 0.5) is 5.69 Å². The summed E-state index contributed by atoms with van der Waals surface area (Å²) in [5.41, 5.74) is 9.59. The highest BCUT2D eigenvalue weighted by atomic mass is 16.5. The lowest BCUT2D eigenvalue weighted by atomic mass is 9.97. The molecule has 4 aromatic rings. The molecule has 0 spiro atoms. The molecule has 4 rings (SSSR count). The molecule has 0 atom stereocenters. The van der Waals surface area contributed by atoms with Crippen LogP contribution in [0.25, 0.3) is 22.2 Å². The monoisotopic (exact) mass is 411 g/mol. The average molecular weight is 411 g/mol. The van der Waals surface area contributed by atoms with Gasteiger partial charge in [-0.25, -0.2) is 4.98 Å². The zero-order valence-electron chi connectivity index (χ0n) is 17.2. The van der Waals surface area contributed by atoms with E-state index in [0.717, 1.165) is 22.3 Å². The average Bonchev–Trinajstić information content (AvgIpc) is 2.79. The van der Waals surface area contributed by atoms with Crippen LogP contribution in [0.15, 0.2) is 72.8 Å². The summed E-state index contributed by atoms with van der Waals surface area (Å²) in [7, 11) is 1.61. The Labute approximate surface area is 179 Å². The lowest BCUT2D eigenvalue weighted by Gasteiger charge is -2.16. The van der Waals surface area contributed by atoms with E-state index < -0.39 is 5.91 Å². The van der Waals surface area contributed by atoms with E-state index in [1.807, 2.05) is 55.5 Å². The van der Waals surface area contributed by atoms with Crippen LogP contribution >= 0.6 is 0 Å². The number of carbonyl (C=O) groups excluding carboxylic acids is 2. The van der Waals surface area contributed by atoms with Crippen molar-refractivity contribution in [2.24, 2.45) is 5.73 Å². The quantitative estimate of drug-likeness (QED) is 0.503. The van der Waals surface area contributed by atoms with Gasteiger partial charge in [0.2, 0.25) is 0 Å². The number of nitrogens with one attached hydrogen (secondary N) is 1. The van der Waals surface area contributed by atoms with Gasteiger partial charge in [-0.1, -0.05) is 30.3 Å². The molecule has 6 heteroatoms. The summed E-state index contributed by atoms with van der Waals surface area (Å²) in [6.45, 7) is 1.87. The second-order valence-electron chi connectivity index (χ2n) is 7.07. The smallest absolute Gasteiger partial charge is 0.256 e. The molecule has 3 aromatic carbocycles. The van der Waals surface area contributed by atoms with Gasteiger partial charge in [0.1, 0.15) is 5.75 Å². The van der Waals surface area contributed by atoms with E-state index in [4.69, 9.17) is 15.5 Å². The van der Waals surface area contributed by atoms with Crippen LogP contribution < -0.4 is 15.8 Å². The van der Waals surface area contributed by atoms with Crippen molar-refractivity contribution in [3.63, 3.8) is 0 Å². The third kappa shape index (κ3) is 3.83. The first-order valence-electron chi connectivity index (χ1n) is 9.73. The van der Waals surface area contributed by atoms with Gasteiger partial charge >= 0.3 is 0 Å². The minimum absolute atomic E-state index is 0.252. The molecule has 0 radical (unpaired) electrons. The molecule has 1 heterocycles. The number of hydrogen-bond donors (Lipinski definition) is 2. The minimum atomic E-state index is -0.605. The maximum atomic E-state index is 13.4. The number of nitrogens with two attached hydrogens (primary N) is 1. The molecule has 0 aliphatic rings. The summed E-state index contributed by atoms with van der Waals surface area (Å²) >= 11 is 0. The molecule has 0 aliphatic heterocycles. The standard InChI is InChI=1S/C25H21N3O3/c1-15-22(25(30)28-21-10-6-4-8-19(21)24(26)29)18-7-3-5-9-20(18)27-23(15)16-11-13-17(31-2)14-12-16/h3-14H,1-2H3,(H2,26,29)(H,28,30). The van der Waals surface area contributed by atoms with Gasteiger partial charge in [-0.3, -0.25) is 9.59 Å². The summed E-state index contributed by atoms with van der Waals surface area (Å²) in [5, 5.41) is 3.58. The van der Waals surface area contributed by atoms with Crippen LogP contribution in [-0.4, -0.2) is 23.9 Å². The summed E-state index contributed by atoms with van der Waals surface area (Å²) in [6.07, 6.45) is 0. The number of amides is 2. The summed E-state index contributed by atoms with van der Waals surface area (Å²) in [4.78, 5) is 30.0. The maximum Gasteiger partial charge on any atom is 0.256 e. The number of aromatic nitrogens is 1. The minimum Gasteiger partial charge on any atom is -0.497 e. The van der Waals surface area contributed by atoms with Gasteiger partial charge in [-0.15, -0.1) is 0 Å². The highest BCUT2D eigenvalue weighted by Crippen LogP contribution is 2.31. The van der Waals surface area contributed by atoms with Gasteiger partial charge in [0.25, 0.3) is 11.8 Å². The van der Waals surface area contributed by atoms with Crippen LogP contribution in [0.5, 0.6) is 5.75 Å². The van der Waals surface area contributed by atoms with E-state index in [1.165, 1.54) is 0 Å². The third-order valence-electron chi connectivity index (χ3n) is 5.17. The first kappa shape index (κ1) is 20.1. The first-order chi connectivity index (χ1) is 15.0. The van der Waals surface area contributed by atoms with Gasteiger partial charge in [0, 0.05) is 10.9 Å². The number of pyridine rings is 1. The molecule has 1 aromatic heterocycles. The van der Waals surface area contributed by atoms with E-state index in [2.05, 4.69) is 5.32 Å². The van der Waals surface area contributed by atoms with Crippen molar-refractivity contribution < 1.29 is 14.3 Å². The molecule has 2 amide bonds. The van der Waals surface area contributed by atoms with Crippen molar-refractivity contribution in [1.82, 2.24) is 4.98 Å². The number of rotatable bonds is 5. The number of benzene rings is 3. The Hall–Kier alpha value is -4.19. The molecular weight excluding hydrogens is 390 g/mol. The Morgan fingerprint density at radius 3 is 2.32 bits per heavy atom. The maximum absolute atomic E-state index is 13.4. The van der Waals surface area contributed by atoms with E-state index in [1.54, 1.807) is 31.4 Å². The Bertz CT molecular complexity index is 1300. The lowest BCUT2D eigenvalue weighted by Crippen LogP contribution is -2.19. The number of hydrogen-bond acceptors (Lipinski definition) is 4. The number of fused-ring (bicyclic) bond motifs is 1. The van der Waals surface area contributed by atoms with Gasteiger partial charge in [-0.05, 0) is 55.0 Å². The Kier molecular flexibility index (Phi) is 5.37. The van der Waals surface area contributed by atoms with Crippen LogP contribution in [-0.2, 0) is 0 Å². The van der Waals surface area contributed by atoms with Crippen molar-refractivity contribution in [1.29, 1.82) is 0 Å². The Morgan fingerprint density at radius 1 is 0.935 bits per heavy atom.